The summed E-state index contributed by atoms with van der Waals surface area (Å²) in [5.41, 5.74) is 4.40. The highest BCUT2D eigenvalue weighted by molar-refractivity contribution is 7.22. The Balaban J connectivity index is 1.33. The van der Waals surface area contributed by atoms with E-state index < -0.39 is 0 Å². The number of nitrogens with zero attached hydrogens (tertiary/aromatic N) is 2. The first-order chi connectivity index (χ1) is 15.1. The first kappa shape index (κ1) is 18.2. The molecule has 0 spiro atoms. The molecular weight excluding hydrogens is 410 g/mol. The summed E-state index contributed by atoms with van der Waals surface area (Å²) in [6.07, 6.45) is 2.51. The minimum Gasteiger partial charge on any atom is -0.298 e. The van der Waals surface area contributed by atoms with Gasteiger partial charge in [0.1, 0.15) is 0 Å². The molecule has 0 atom stereocenters. The minimum atomic E-state index is -0.322. The molecule has 3 aromatic carbocycles. The Morgan fingerprint density at radius 2 is 1.71 bits per heavy atom. The molecule has 0 bridgehead atoms. The predicted molar refractivity (Wildman–Crippen MR) is 121 cm³/mol. The Labute approximate surface area is 181 Å². The van der Waals surface area contributed by atoms with Crippen molar-refractivity contribution in [1.82, 2.24) is 4.98 Å². The van der Waals surface area contributed by atoms with Crippen LogP contribution in [-0.2, 0) is 22.4 Å². The molecule has 152 valence electrons. The molecule has 3 amide bonds. The van der Waals surface area contributed by atoms with E-state index in [-0.39, 0.29) is 30.6 Å². The van der Waals surface area contributed by atoms with Crippen molar-refractivity contribution in [2.24, 2.45) is 0 Å². The summed E-state index contributed by atoms with van der Waals surface area (Å²) < 4.78 is 1.05. The van der Waals surface area contributed by atoms with Crippen molar-refractivity contribution in [3.05, 3.63) is 65.2 Å². The number of fused-ring (bicyclic) bond motifs is 2. The zero-order valence-electron chi connectivity index (χ0n) is 16.5. The van der Waals surface area contributed by atoms with Gasteiger partial charge in [0, 0.05) is 23.8 Å². The molecule has 2 heterocycles. The Morgan fingerprint density at radius 1 is 0.935 bits per heavy atom. The van der Waals surface area contributed by atoms with Crippen LogP contribution in [0.15, 0.2) is 48.5 Å². The first-order valence-corrected chi connectivity index (χ1v) is 11.0. The normalized spacial score (nSPS) is 15.4. The van der Waals surface area contributed by atoms with E-state index in [1.807, 2.05) is 0 Å². The van der Waals surface area contributed by atoms with Crippen LogP contribution in [0.4, 0.5) is 10.8 Å². The van der Waals surface area contributed by atoms with Gasteiger partial charge in [-0.05, 0) is 53.6 Å². The van der Waals surface area contributed by atoms with Crippen LogP contribution in [0.1, 0.15) is 34.3 Å². The van der Waals surface area contributed by atoms with E-state index in [1.165, 1.54) is 27.8 Å². The quantitative estimate of drug-likeness (QED) is 0.490. The lowest BCUT2D eigenvalue weighted by Crippen LogP contribution is -2.28. The molecule has 1 N–H and O–H groups in total. The summed E-state index contributed by atoms with van der Waals surface area (Å²) in [6.45, 7) is 0. The second-order valence-electron chi connectivity index (χ2n) is 7.87. The summed E-state index contributed by atoms with van der Waals surface area (Å²) in [4.78, 5) is 42.8. The third-order valence-corrected chi connectivity index (χ3v) is 6.91. The van der Waals surface area contributed by atoms with Gasteiger partial charge in [-0.3, -0.25) is 24.6 Å². The topological polar surface area (TPSA) is 79.4 Å². The molecule has 4 aromatic rings. The highest BCUT2D eigenvalue weighted by Crippen LogP contribution is 2.39. The first-order valence-electron chi connectivity index (χ1n) is 10.2. The highest BCUT2D eigenvalue weighted by Gasteiger charge is 2.30. The van der Waals surface area contributed by atoms with Gasteiger partial charge in [0.25, 0.3) is 5.91 Å². The van der Waals surface area contributed by atoms with Crippen LogP contribution in [-0.4, -0.2) is 22.7 Å². The Morgan fingerprint density at radius 3 is 2.55 bits per heavy atom. The summed E-state index contributed by atoms with van der Waals surface area (Å²) in [5.74, 6) is -0.799. The predicted octanol–water partition coefficient (Wildman–Crippen LogP) is 4.45. The zero-order chi connectivity index (χ0) is 21.1. The van der Waals surface area contributed by atoms with Gasteiger partial charge in [0.05, 0.1) is 15.9 Å². The number of nitrogens with one attached hydrogen (secondary N) is 1. The van der Waals surface area contributed by atoms with E-state index in [0.717, 1.165) is 33.3 Å². The van der Waals surface area contributed by atoms with Crippen LogP contribution in [0.3, 0.4) is 0 Å². The molecule has 1 fully saturated rings. The number of hydrogen-bond donors (Lipinski definition) is 1. The highest BCUT2D eigenvalue weighted by atomic mass is 32.1. The van der Waals surface area contributed by atoms with Crippen molar-refractivity contribution in [2.75, 3.05) is 10.2 Å². The second-order valence-corrected chi connectivity index (χ2v) is 8.90. The number of carbonyl (C=O) groups excluding carboxylic acids is 3. The van der Waals surface area contributed by atoms with E-state index >= 15 is 0 Å². The molecule has 6 rings (SSSR count). The van der Waals surface area contributed by atoms with Gasteiger partial charge in [-0.15, -0.1) is 0 Å². The van der Waals surface area contributed by atoms with Crippen molar-refractivity contribution in [3.63, 3.8) is 0 Å². The van der Waals surface area contributed by atoms with Crippen molar-refractivity contribution >= 4 is 60.9 Å². The van der Waals surface area contributed by atoms with Crippen LogP contribution < -0.4 is 10.2 Å². The van der Waals surface area contributed by atoms with Gasteiger partial charge in [-0.25, -0.2) is 4.98 Å². The van der Waals surface area contributed by atoms with Crippen molar-refractivity contribution in [1.29, 1.82) is 0 Å². The molecule has 1 aromatic heterocycles. The number of anilines is 2. The molecule has 0 radical (unpaired) electrons. The molecule has 0 unspecified atom stereocenters. The third-order valence-electron chi connectivity index (χ3n) is 5.99. The molecule has 31 heavy (non-hydrogen) atoms. The number of benzene rings is 3. The standard InChI is InChI=1S/C24H17N3O3S/c28-19-9-10-20(29)27(19)16-5-1-4-15(11-16)23(30)26-24-25-22-17-6-2-3-13-7-8-14(21(13)17)12-18(22)31-24/h1-6,11-12H,7-10H2,(H,25,26,30). The average Bonchev–Trinajstić information content (AvgIpc) is 3.46. The van der Waals surface area contributed by atoms with Crippen LogP contribution in [0.25, 0.3) is 21.0 Å². The maximum absolute atomic E-state index is 12.9. The molecule has 7 heteroatoms. The van der Waals surface area contributed by atoms with Crippen molar-refractivity contribution in [2.45, 2.75) is 25.7 Å². The molecule has 2 aliphatic rings. The third kappa shape index (κ3) is 2.84. The monoisotopic (exact) mass is 427 g/mol. The van der Waals surface area contributed by atoms with Gasteiger partial charge in [0.15, 0.2) is 5.13 Å². The average molecular weight is 427 g/mol. The number of rotatable bonds is 3. The van der Waals surface area contributed by atoms with Gasteiger partial charge in [0.2, 0.25) is 11.8 Å². The fourth-order valence-electron chi connectivity index (χ4n) is 4.58. The molecule has 0 saturated carbocycles. The number of thiazole rings is 1. The van der Waals surface area contributed by atoms with Gasteiger partial charge in [-0.2, -0.15) is 0 Å². The summed E-state index contributed by atoms with van der Waals surface area (Å²) in [6, 6.07) is 15.1. The molecule has 1 saturated heterocycles. The number of aryl methyl sites for hydroxylation is 2. The minimum absolute atomic E-state index is 0.207. The number of amides is 3. The van der Waals surface area contributed by atoms with Crippen LogP contribution in [0.5, 0.6) is 0 Å². The maximum atomic E-state index is 12.9. The Kier molecular flexibility index (Phi) is 3.94. The van der Waals surface area contributed by atoms with E-state index in [1.54, 1.807) is 24.3 Å². The van der Waals surface area contributed by atoms with Gasteiger partial charge >= 0.3 is 0 Å². The maximum Gasteiger partial charge on any atom is 0.257 e. The lowest BCUT2D eigenvalue weighted by molar-refractivity contribution is -0.121. The Hall–Kier alpha value is -3.58. The lowest BCUT2D eigenvalue weighted by atomic mass is 10.0. The van der Waals surface area contributed by atoms with Crippen molar-refractivity contribution < 1.29 is 14.4 Å². The lowest BCUT2D eigenvalue weighted by Gasteiger charge is -2.14. The number of carbonyl (C=O) groups is 3. The fraction of sp³-hybridized carbons (Fsp3) is 0.167. The fourth-order valence-corrected chi connectivity index (χ4v) is 5.52. The van der Waals surface area contributed by atoms with Gasteiger partial charge in [-0.1, -0.05) is 35.6 Å². The van der Waals surface area contributed by atoms with Crippen LogP contribution >= 0.6 is 11.3 Å². The number of aromatic nitrogens is 1. The van der Waals surface area contributed by atoms with Crippen molar-refractivity contribution in [3.8, 4) is 0 Å². The van der Waals surface area contributed by atoms with Crippen LogP contribution in [0.2, 0.25) is 0 Å². The number of hydrogen-bond acceptors (Lipinski definition) is 5. The van der Waals surface area contributed by atoms with E-state index in [2.05, 4.69) is 29.6 Å². The number of imide groups is 1. The zero-order valence-corrected chi connectivity index (χ0v) is 17.3. The smallest absolute Gasteiger partial charge is 0.257 e. The molecule has 1 aliphatic heterocycles. The van der Waals surface area contributed by atoms with Crippen LogP contribution in [0, 0.1) is 0 Å². The molecule has 6 nitrogen and oxygen atoms in total. The van der Waals surface area contributed by atoms with Gasteiger partial charge < -0.3 is 0 Å². The van der Waals surface area contributed by atoms with E-state index in [0.29, 0.717) is 16.4 Å². The summed E-state index contributed by atoms with van der Waals surface area (Å²) in [5, 5.41) is 5.84. The second kappa shape index (κ2) is 6.72. The summed E-state index contributed by atoms with van der Waals surface area (Å²) in [7, 11) is 0. The molecular formula is C24H17N3O3S. The summed E-state index contributed by atoms with van der Waals surface area (Å²) >= 11 is 1.46. The Bertz CT molecular complexity index is 1420. The SMILES string of the molecule is O=C(Nc1nc2c(cc3c4c(cccc42)CC3)s1)c1cccc(N2C(=O)CCC2=O)c1. The van der Waals surface area contributed by atoms with E-state index in [4.69, 9.17) is 4.98 Å². The largest absolute Gasteiger partial charge is 0.298 e. The molecule has 1 aliphatic carbocycles. The van der Waals surface area contributed by atoms with E-state index in [9.17, 15) is 14.4 Å².